The molecule has 4 heterocycles. The lowest BCUT2D eigenvalue weighted by Crippen LogP contribution is -2.52. The third-order valence-corrected chi connectivity index (χ3v) is 7.11. The number of pyridine rings is 1. The van der Waals surface area contributed by atoms with E-state index in [9.17, 15) is 14.4 Å². The first-order chi connectivity index (χ1) is 17.0. The molecule has 0 radical (unpaired) electrons. The summed E-state index contributed by atoms with van der Waals surface area (Å²) >= 11 is 0. The van der Waals surface area contributed by atoms with Gasteiger partial charge in [0.2, 0.25) is 11.8 Å². The smallest absolute Gasteiger partial charge is 0.255 e. The van der Waals surface area contributed by atoms with E-state index in [2.05, 4.69) is 39.5 Å². The second kappa shape index (κ2) is 8.78. The Morgan fingerprint density at radius 2 is 1.97 bits per heavy atom. The number of rotatable bonds is 5. The van der Waals surface area contributed by atoms with Crippen molar-refractivity contribution in [1.29, 1.82) is 0 Å². The van der Waals surface area contributed by atoms with E-state index in [0.29, 0.717) is 24.3 Å². The predicted molar refractivity (Wildman–Crippen MR) is 129 cm³/mol. The number of ether oxygens (including phenoxy) is 1. The van der Waals surface area contributed by atoms with Crippen LogP contribution in [-0.2, 0) is 22.7 Å². The molecule has 2 atom stereocenters. The first-order valence-electron chi connectivity index (χ1n) is 12.0. The number of aromatic nitrogens is 1. The minimum Gasteiger partial charge on any atom is -0.489 e. The number of hydrogen-bond donors (Lipinski definition) is 1. The maximum atomic E-state index is 13.1. The van der Waals surface area contributed by atoms with Crippen LogP contribution in [0.2, 0.25) is 0 Å². The van der Waals surface area contributed by atoms with E-state index < -0.39 is 11.9 Å². The van der Waals surface area contributed by atoms with E-state index in [-0.39, 0.29) is 24.3 Å². The topological polar surface area (TPSA) is 91.8 Å². The number of fused-ring (bicyclic) bond motifs is 2. The molecule has 2 saturated heterocycles. The lowest BCUT2D eigenvalue weighted by molar-refractivity contribution is -0.136. The van der Waals surface area contributed by atoms with Crippen molar-refractivity contribution in [2.45, 2.75) is 44.5 Å². The van der Waals surface area contributed by atoms with E-state index >= 15 is 0 Å². The van der Waals surface area contributed by atoms with Crippen LogP contribution in [0.3, 0.4) is 0 Å². The Kier molecular flexibility index (Phi) is 5.45. The summed E-state index contributed by atoms with van der Waals surface area (Å²) < 4.78 is 6.26. The molecule has 3 aliphatic rings. The van der Waals surface area contributed by atoms with Gasteiger partial charge in [0, 0.05) is 49.7 Å². The van der Waals surface area contributed by atoms with Crippen molar-refractivity contribution < 1.29 is 19.1 Å². The van der Waals surface area contributed by atoms with E-state index in [4.69, 9.17) is 4.74 Å². The van der Waals surface area contributed by atoms with Crippen LogP contribution in [0.4, 0.5) is 0 Å². The van der Waals surface area contributed by atoms with E-state index in [1.165, 1.54) is 5.56 Å². The largest absolute Gasteiger partial charge is 0.489 e. The first-order valence-corrected chi connectivity index (χ1v) is 12.0. The van der Waals surface area contributed by atoms with E-state index in [0.717, 1.165) is 42.5 Å². The van der Waals surface area contributed by atoms with Crippen molar-refractivity contribution in [3.8, 4) is 5.75 Å². The quantitative estimate of drug-likeness (QED) is 0.577. The van der Waals surface area contributed by atoms with Gasteiger partial charge in [-0.2, -0.15) is 0 Å². The summed E-state index contributed by atoms with van der Waals surface area (Å²) in [6.45, 7) is 2.99. The highest BCUT2D eigenvalue weighted by atomic mass is 16.5. The molecule has 8 nitrogen and oxygen atoms in total. The summed E-state index contributed by atoms with van der Waals surface area (Å²) in [6.07, 6.45) is 3.39. The number of piperidine rings is 1. The maximum absolute atomic E-state index is 13.1. The average Bonchev–Trinajstić information content (AvgIpc) is 3.43. The van der Waals surface area contributed by atoms with Gasteiger partial charge in [-0.25, -0.2) is 0 Å². The fourth-order valence-electron chi connectivity index (χ4n) is 5.32. The third kappa shape index (κ3) is 4.25. The van der Waals surface area contributed by atoms with Gasteiger partial charge in [-0.05, 0) is 54.3 Å². The highest BCUT2D eigenvalue weighted by Crippen LogP contribution is 2.31. The first kappa shape index (κ1) is 21.7. The lowest BCUT2D eigenvalue weighted by Gasteiger charge is -2.29. The van der Waals surface area contributed by atoms with Crippen molar-refractivity contribution in [3.63, 3.8) is 0 Å². The Morgan fingerprint density at radius 3 is 2.86 bits per heavy atom. The highest BCUT2D eigenvalue weighted by molar-refractivity contribution is 6.05. The van der Waals surface area contributed by atoms with Gasteiger partial charge in [0.05, 0.1) is 5.52 Å². The maximum Gasteiger partial charge on any atom is 0.255 e. The van der Waals surface area contributed by atoms with E-state index in [1.54, 1.807) is 11.0 Å². The Balaban J connectivity index is 1.09. The molecule has 1 aromatic heterocycles. The fraction of sp³-hybridized carbons (Fsp3) is 0.333. The number of carbonyl (C=O) groups excluding carboxylic acids is 3. The molecule has 3 aliphatic heterocycles. The van der Waals surface area contributed by atoms with Crippen molar-refractivity contribution in [2.24, 2.45) is 0 Å². The second-order valence-electron chi connectivity index (χ2n) is 9.51. The monoisotopic (exact) mass is 470 g/mol. The molecule has 8 heteroatoms. The van der Waals surface area contributed by atoms with Gasteiger partial charge in [0.1, 0.15) is 17.9 Å². The summed E-state index contributed by atoms with van der Waals surface area (Å²) in [5, 5.41) is 3.48. The minimum absolute atomic E-state index is 0.0536. The van der Waals surface area contributed by atoms with Crippen molar-refractivity contribution >= 4 is 28.6 Å². The molecule has 1 unspecified atom stereocenters. The molecule has 0 saturated carbocycles. The second-order valence-corrected chi connectivity index (χ2v) is 9.51. The summed E-state index contributed by atoms with van der Waals surface area (Å²) in [5.41, 5.74) is 3.71. The zero-order valence-electron chi connectivity index (χ0n) is 19.3. The molecule has 2 fully saturated rings. The van der Waals surface area contributed by atoms with Crippen molar-refractivity contribution in [1.82, 2.24) is 20.1 Å². The number of likely N-dealkylation sites (tertiary alicyclic amines) is 1. The van der Waals surface area contributed by atoms with Crippen LogP contribution in [0.5, 0.6) is 5.75 Å². The normalized spacial score (nSPS) is 22.5. The van der Waals surface area contributed by atoms with Crippen LogP contribution in [0.15, 0.2) is 54.7 Å². The molecule has 1 N–H and O–H groups in total. The Bertz CT molecular complexity index is 1340. The van der Waals surface area contributed by atoms with E-state index in [1.807, 2.05) is 24.4 Å². The Labute approximate surface area is 202 Å². The molecular weight excluding hydrogens is 444 g/mol. The molecule has 0 aliphatic carbocycles. The van der Waals surface area contributed by atoms with Crippen LogP contribution in [0.1, 0.15) is 40.7 Å². The van der Waals surface area contributed by atoms with Crippen LogP contribution < -0.4 is 10.1 Å². The number of carbonyl (C=O) groups is 3. The van der Waals surface area contributed by atoms with Crippen LogP contribution >= 0.6 is 0 Å². The number of amides is 3. The molecular formula is C27H26N4O4. The van der Waals surface area contributed by atoms with Crippen molar-refractivity contribution in [2.75, 3.05) is 13.1 Å². The van der Waals surface area contributed by atoms with Gasteiger partial charge >= 0.3 is 0 Å². The Morgan fingerprint density at radius 1 is 1.06 bits per heavy atom. The van der Waals surface area contributed by atoms with Gasteiger partial charge in [-0.15, -0.1) is 0 Å². The summed E-state index contributed by atoms with van der Waals surface area (Å²) in [7, 11) is 0. The van der Waals surface area contributed by atoms with Gasteiger partial charge in [-0.1, -0.05) is 18.2 Å². The zero-order chi connectivity index (χ0) is 23.9. The molecule has 6 rings (SSSR count). The number of hydrogen-bond acceptors (Lipinski definition) is 6. The number of benzene rings is 2. The zero-order valence-corrected chi connectivity index (χ0v) is 19.3. The molecule has 0 bridgehead atoms. The summed E-state index contributed by atoms with van der Waals surface area (Å²) in [4.78, 5) is 45.1. The summed E-state index contributed by atoms with van der Waals surface area (Å²) in [6, 6.07) is 15.4. The highest BCUT2D eigenvalue weighted by Gasteiger charge is 2.39. The molecule has 35 heavy (non-hydrogen) atoms. The minimum atomic E-state index is -0.605. The standard InChI is InChI=1S/C27H26N4O4/c32-25-8-7-24(26(33)29-25)31-15-19-4-5-20(13-22(19)27(31)34)35-21-9-11-30(16-21)14-17-3-6-23-18(12-17)2-1-10-28-23/h1-6,10,12-13,21,24H,7-9,11,14-16H2,(H,29,32,33)/t21-,24?/m0/s1. The molecule has 3 aromatic rings. The number of nitrogens with zero attached hydrogens (tertiary/aromatic N) is 3. The third-order valence-electron chi connectivity index (χ3n) is 7.11. The van der Waals surface area contributed by atoms with Crippen LogP contribution in [0, 0.1) is 0 Å². The van der Waals surface area contributed by atoms with Gasteiger partial charge < -0.3 is 9.64 Å². The van der Waals surface area contributed by atoms with Crippen LogP contribution in [-0.4, -0.2) is 57.7 Å². The average molecular weight is 471 g/mol. The predicted octanol–water partition coefficient (Wildman–Crippen LogP) is 2.65. The fourth-order valence-corrected chi connectivity index (χ4v) is 5.32. The number of imide groups is 1. The van der Waals surface area contributed by atoms with Gasteiger partial charge in [0.15, 0.2) is 0 Å². The Hall–Kier alpha value is -3.78. The van der Waals surface area contributed by atoms with Crippen LogP contribution in [0.25, 0.3) is 10.9 Å². The molecule has 2 aromatic carbocycles. The molecule has 178 valence electrons. The molecule has 0 spiro atoms. The van der Waals surface area contributed by atoms with Gasteiger partial charge in [-0.3, -0.25) is 29.6 Å². The van der Waals surface area contributed by atoms with Gasteiger partial charge in [0.25, 0.3) is 5.91 Å². The van der Waals surface area contributed by atoms with Crippen molar-refractivity contribution in [3.05, 3.63) is 71.4 Å². The lowest BCUT2D eigenvalue weighted by atomic mass is 10.0. The number of nitrogens with one attached hydrogen (secondary N) is 1. The summed E-state index contributed by atoms with van der Waals surface area (Å²) in [5.74, 6) is -0.188. The SMILES string of the molecule is O=C1CCC(N2Cc3ccc(O[C@H]4CCN(Cc5ccc6ncccc6c5)C4)cc3C2=O)C(=O)N1. The molecule has 3 amide bonds.